The average molecular weight is 773 g/mol. The molecular formula is C41H33F5N4O4S. The number of pyridine rings is 1. The number of hydrogen-bond donors (Lipinski definition) is 1. The number of thiophene rings is 1. The van der Waals surface area contributed by atoms with E-state index in [0.29, 0.717) is 54.7 Å². The highest BCUT2D eigenvalue weighted by molar-refractivity contribution is 7.17. The van der Waals surface area contributed by atoms with Gasteiger partial charge < -0.3 is 19.9 Å². The first kappa shape index (κ1) is 36.5. The number of carbonyl (C=O) groups excluding carboxylic acids is 3. The van der Waals surface area contributed by atoms with Crippen molar-refractivity contribution < 1.29 is 41.1 Å². The summed E-state index contributed by atoms with van der Waals surface area (Å²) in [6, 6.07) is 16.3. The molecular weight excluding hydrogens is 740 g/mol. The van der Waals surface area contributed by atoms with E-state index in [-0.39, 0.29) is 44.8 Å². The minimum atomic E-state index is -2.82. The third-order valence-electron chi connectivity index (χ3n) is 10.5. The normalized spacial score (nSPS) is 16.0. The Kier molecular flexibility index (Phi) is 9.72. The van der Waals surface area contributed by atoms with E-state index in [0.717, 1.165) is 54.1 Å². The number of nitrogens with zero attached hydrogens (tertiary/aromatic N) is 3. The van der Waals surface area contributed by atoms with Crippen molar-refractivity contribution in [2.75, 3.05) is 48.0 Å². The van der Waals surface area contributed by atoms with Crippen molar-refractivity contribution in [3.63, 3.8) is 0 Å². The molecule has 2 fully saturated rings. The number of amides is 2. The van der Waals surface area contributed by atoms with Gasteiger partial charge in [0, 0.05) is 83.7 Å². The summed E-state index contributed by atoms with van der Waals surface area (Å²) in [5, 5.41) is 2.75. The standard InChI is InChI=1S/C41H33F5N4O4S/c42-26-6-9-28-33(18-26)50(13-10-24-17-35(55-36(24)28)34(51)19-29-31(43)2-1-3-32(29)44)40(53)23-4-7-27(8-5-23)48-39(52)30-16-25(37(45)46)20-47-38(30)49-21-41(22-49)11-14-54-15-12-41/h1-9,16-18,20,37H,10-15,19,21-22H2,(H,48,52). The highest BCUT2D eigenvalue weighted by atomic mass is 32.1. The number of carbonyl (C=O) groups is 3. The van der Waals surface area contributed by atoms with Crippen molar-refractivity contribution in [2.24, 2.45) is 5.41 Å². The van der Waals surface area contributed by atoms with Crippen LogP contribution < -0.4 is 15.1 Å². The molecule has 55 heavy (non-hydrogen) atoms. The number of Topliss-reactive ketones (excluding diaryl/α,β-unsaturated/α-hetero) is 1. The predicted molar refractivity (Wildman–Crippen MR) is 198 cm³/mol. The van der Waals surface area contributed by atoms with Crippen molar-refractivity contribution >= 4 is 46.1 Å². The Labute approximate surface area is 316 Å². The Balaban J connectivity index is 1.00. The molecule has 0 atom stereocenters. The molecule has 5 aromatic rings. The molecule has 1 spiro atoms. The van der Waals surface area contributed by atoms with Crippen LogP contribution in [0.15, 0.2) is 79.0 Å². The second-order valence-electron chi connectivity index (χ2n) is 14.1. The molecule has 2 amide bonds. The number of ketones is 1. The lowest BCUT2D eigenvalue weighted by Gasteiger charge is -2.53. The van der Waals surface area contributed by atoms with Crippen LogP contribution in [0.25, 0.3) is 10.4 Å². The maximum absolute atomic E-state index is 14.7. The summed E-state index contributed by atoms with van der Waals surface area (Å²) in [7, 11) is 0. The fourth-order valence-electron chi connectivity index (χ4n) is 7.51. The molecule has 0 saturated carbocycles. The van der Waals surface area contributed by atoms with E-state index < -0.39 is 47.9 Å². The van der Waals surface area contributed by atoms with Crippen molar-refractivity contribution in [2.45, 2.75) is 32.1 Å². The molecule has 14 heteroatoms. The van der Waals surface area contributed by atoms with Gasteiger partial charge in [0.25, 0.3) is 18.2 Å². The second-order valence-corrected chi connectivity index (χ2v) is 15.1. The molecule has 2 saturated heterocycles. The smallest absolute Gasteiger partial charge is 0.265 e. The molecule has 8 nitrogen and oxygen atoms in total. The lowest BCUT2D eigenvalue weighted by Crippen LogP contribution is -2.59. The molecule has 3 aliphatic heterocycles. The summed E-state index contributed by atoms with van der Waals surface area (Å²) < 4.78 is 76.1. The third-order valence-corrected chi connectivity index (χ3v) is 11.8. The van der Waals surface area contributed by atoms with Crippen molar-refractivity contribution in [1.29, 1.82) is 0 Å². The van der Waals surface area contributed by atoms with Gasteiger partial charge in [-0.3, -0.25) is 14.4 Å². The van der Waals surface area contributed by atoms with Gasteiger partial charge in [0.15, 0.2) is 5.78 Å². The van der Waals surface area contributed by atoms with Crippen LogP contribution in [0.4, 0.5) is 39.1 Å². The van der Waals surface area contributed by atoms with Crippen LogP contribution in [0.5, 0.6) is 0 Å². The highest BCUT2D eigenvalue weighted by Gasteiger charge is 2.45. The van der Waals surface area contributed by atoms with Crippen LogP contribution in [0.1, 0.15) is 66.3 Å². The third kappa shape index (κ3) is 7.11. The number of fused-ring (bicyclic) bond motifs is 3. The largest absolute Gasteiger partial charge is 0.381 e. The summed E-state index contributed by atoms with van der Waals surface area (Å²) >= 11 is 1.12. The number of ether oxygens (including phenoxy) is 1. The zero-order valence-electron chi connectivity index (χ0n) is 29.2. The van der Waals surface area contributed by atoms with Crippen molar-refractivity contribution in [3.05, 3.63) is 129 Å². The molecule has 282 valence electrons. The number of anilines is 3. The molecule has 3 aromatic carbocycles. The number of halogens is 5. The average Bonchev–Trinajstić information content (AvgIpc) is 3.53. The predicted octanol–water partition coefficient (Wildman–Crippen LogP) is 8.66. The van der Waals surface area contributed by atoms with Gasteiger partial charge in [0.2, 0.25) is 0 Å². The molecule has 8 rings (SSSR count). The lowest BCUT2D eigenvalue weighted by molar-refractivity contribution is -0.000523. The molecule has 0 radical (unpaired) electrons. The van der Waals surface area contributed by atoms with Crippen LogP contribution in [0.2, 0.25) is 0 Å². The van der Waals surface area contributed by atoms with Crippen LogP contribution in [-0.2, 0) is 17.6 Å². The first-order chi connectivity index (χ1) is 26.5. The Morgan fingerprint density at radius 3 is 2.36 bits per heavy atom. The van der Waals surface area contributed by atoms with E-state index >= 15 is 0 Å². The number of nitrogens with one attached hydrogen (secondary N) is 1. The number of benzene rings is 3. The molecule has 2 aromatic heterocycles. The molecule has 3 aliphatic rings. The maximum atomic E-state index is 14.7. The topological polar surface area (TPSA) is 91.8 Å². The van der Waals surface area contributed by atoms with Crippen molar-refractivity contribution in [3.8, 4) is 10.4 Å². The van der Waals surface area contributed by atoms with Crippen LogP contribution in [0.3, 0.4) is 0 Å². The summed E-state index contributed by atoms with van der Waals surface area (Å²) in [6.45, 7) is 2.72. The van der Waals surface area contributed by atoms with Gasteiger partial charge in [0.05, 0.1) is 16.1 Å². The second kappa shape index (κ2) is 14.6. The monoisotopic (exact) mass is 772 g/mol. The van der Waals surface area contributed by atoms with Gasteiger partial charge in [-0.15, -0.1) is 11.3 Å². The summed E-state index contributed by atoms with van der Waals surface area (Å²) in [6.07, 6.45) is -0.133. The number of alkyl halides is 2. The van der Waals surface area contributed by atoms with E-state index in [4.69, 9.17) is 4.74 Å². The Morgan fingerprint density at radius 1 is 0.927 bits per heavy atom. The number of hydrogen-bond acceptors (Lipinski definition) is 7. The minimum Gasteiger partial charge on any atom is -0.381 e. The quantitative estimate of drug-likeness (QED) is 0.126. The van der Waals surface area contributed by atoms with E-state index in [1.165, 1.54) is 53.4 Å². The Hall–Kier alpha value is -5.47. The molecule has 0 aliphatic carbocycles. The fraction of sp³-hybridized carbons (Fsp3) is 0.268. The molecule has 0 unspecified atom stereocenters. The first-order valence-electron chi connectivity index (χ1n) is 17.7. The lowest BCUT2D eigenvalue weighted by atomic mass is 9.73. The van der Waals surface area contributed by atoms with Crippen molar-refractivity contribution in [1.82, 2.24) is 4.98 Å². The van der Waals surface area contributed by atoms with Gasteiger partial charge in [0.1, 0.15) is 23.3 Å². The van der Waals surface area contributed by atoms with Gasteiger partial charge in [-0.1, -0.05) is 6.07 Å². The molecule has 5 heterocycles. The fourth-order valence-corrected chi connectivity index (χ4v) is 8.69. The zero-order valence-corrected chi connectivity index (χ0v) is 30.0. The van der Waals surface area contributed by atoms with E-state index in [2.05, 4.69) is 10.3 Å². The SMILES string of the molecule is O=C(Cc1c(F)cccc1F)c1cc2c(s1)-c1ccc(F)cc1N(C(=O)c1ccc(NC(=O)c3cc(C(F)F)cnc3N3CC4(CCOCC4)C3)cc1)CC2. The van der Waals surface area contributed by atoms with E-state index in [1.807, 2.05) is 4.90 Å². The highest BCUT2D eigenvalue weighted by Crippen LogP contribution is 2.44. The molecule has 1 N–H and O–H groups in total. The number of aromatic nitrogens is 1. The maximum Gasteiger partial charge on any atom is 0.265 e. The Bertz CT molecular complexity index is 2300. The minimum absolute atomic E-state index is 0.0137. The van der Waals surface area contributed by atoms with Crippen LogP contribution >= 0.6 is 11.3 Å². The summed E-state index contributed by atoms with van der Waals surface area (Å²) in [5.41, 5.74) is 1.47. The van der Waals surface area contributed by atoms with Gasteiger partial charge in [-0.25, -0.2) is 26.9 Å². The molecule has 0 bridgehead atoms. The summed E-state index contributed by atoms with van der Waals surface area (Å²) in [4.78, 5) is 49.3. The van der Waals surface area contributed by atoms with E-state index in [9.17, 15) is 36.3 Å². The van der Waals surface area contributed by atoms with Gasteiger partial charge in [-0.05, 0) is 91.6 Å². The number of rotatable bonds is 8. The van der Waals surface area contributed by atoms with Crippen LogP contribution in [0, 0.1) is 22.9 Å². The van der Waals surface area contributed by atoms with E-state index in [1.54, 1.807) is 6.07 Å². The van der Waals surface area contributed by atoms with Gasteiger partial charge >= 0.3 is 0 Å². The van der Waals surface area contributed by atoms with Gasteiger partial charge in [-0.2, -0.15) is 0 Å². The van der Waals surface area contributed by atoms with Crippen LogP contribution in [-0.4, -0.2) is 55.4 Å². The Morgan fingerprint density at radius 2 is 1.65 bits per heavy atom. The zero-order chi connectivity index (χ0) is 38.4. The summed E-state index contributed by atoms with van der Waals surface area (Å²) in [5.74, 6) is -3.42. The first-order valence-corrected chi connectivity index (χ1v) is 18.5.